The predicted molar refractivity (Wildman–Crippen MR) is 509 cm³/mol. The zero-order chi connectivity index (χ0) is 98.0. The van der Waals surface area contributed by atoms with Crippen molar-refractivity contribution in [3.05, 3.63) is 404 Å². The molecule has 0 bridgehead atoms. The van der Waals surface area contributed by atoms with E-state index in [-0.39, 0.29) is 88.4 Å². The van der Waals surface area contributed by atoms with E-state index in [0.29, 0.717) is 78.3 Å². The fourth-order valence-electron chi connectivity index (χ4n) is 17.7. The van der Waals surface area contributed by atoms with Gasteiger partial charge >= 0.3 is 0 Å². The van der Waals surface area contributed by atoms with E-state index in [4.69, 9.17) is 0 Å². The molecule has 21 rings (SSSR count). The van der Waals surface area contributed by atoms with Crippen LogP contribution in [0.25, 0.3) is 144 Å². The summed E-state index contributed by atoms with van der Waals surface area (Å²) in [5.74, 6) is 0. The van der Waals surface area contributed by atoms with Gasteiger partial charge in [0.25, 0.3) is 6.71 Å². The van der Waals surface area contributed by atoms with Crippen molar-refractivity contribution in [1.82, 2.24) is 9.13 Å². The highest BCUT2D eigenvalue weighted by Gasteiger charge is 2.49. The van der Waals surface area contributed by atoms with Crippen LogP contribution in [0.4, 0.5) is 34.1 Å². The number of anilines is 6. The van der Waals surface area contributed by atoms with Crippen LogP contribution in [0.3, 0.4) is 0 Å². The van der Waals surface area contributed by atoms with Crippen LogP contribution in [0, 0.1) is 0 Å². The molecule has 0 N–H and O–H groups in total. The van der Waals surface area contributed by atoms with Crippen LogP contribution in [0.5, 0.6) is 0 Å². The van der Waals surface area contributed by atoms with Gasteiger partial charge in [-0.05, 0) is 213 Å². The van der Waals surface area contributed by atoms with E-state index in [2.05, 4.69) is 109 Å². The van der Waals surface area contributed by atoms with Crippen molar-refractivity contribution in [2.75, 3.05) is 9.80 Å². The highest BCUT2D eigenvalue weighted by atomic mass is 15.2. The van der Waals surface area contributed by atoms with Gasteiger partial charge in [-0.15, -0.1) is 0 Å². The molecule has 0 saturated carbocycles. The molecule has 2 aliphatic rings. The maximum atomic E-state index is 12.5. The van der Waals surface area contributed by atoms with Crippen LogP contribution >= 0.6 is 0 Å². The van der Waals surface area contributed by atoms with Gasteiger partial charge in [0.1, 0.15) is 0 Å². The molecule has 0 atom stereocenters. The molecule has 0 aliphatic carbocycles. The Morgan fingerprint density at radius 2 is 0.496 bits per heavy atom. The lowest BCUT2D eigenvalue weighted by atomic mass is 9.31. The number of rotatable bonds is 12. The van der Waals surface area contributed by atoms with E-state index in [0.717, 1.165) is 44.5 Å². The average Bonchev–Trinajstić information content (AvgIpc) is 1.54. The summed E-state index contributed by atoms with van der Waals surface area (Å²) in [5.41, 5.74) is 10.4. The Kier molecular flexibility index (Phi) is 12.9. The topological polar surface area (TPSA) is 16.3 Å². The number of hydrogen-bond acceptors (Lipinski definition) is 2. The molecule has 0 radical (unpaired) electrons. The second kappa shape index (κ2) is 28.4. The fraction of sp³-hybridized carbons (Fsp3) is 0.105. The van der Waals surface area contributed by atoms with Gasteiger partial charge in [0.2, 0.25) is 0 Å². The number of benzene rings is 17. The molecular formula is C114H91BN4. The van der Waals surface area contributed by atoms with Crippen molar-refractivity contribution in [3.63, 3.8) is 0 Å². The summed E-state index contributed by atoms with van der Waals surface area (Å²) >= 11 is 0. The van der Waals surface area contributed by atoms with Gasteiger partial charge in [-0.25, -0.2) is 0 Å². The van der Waals surface area contributed by atoms with E-state index in [9.17, 15) is 27.4 Å². The summed E-state index contributed by atoms with van der Waals surface area (Å²) in [4.78, 5) is 4.22. The zero-order valence-electron chi connectivity index (χ0n) is 87.3. The van der Waals surface area contributed by atoms with Crippen LogP contribution in [0.2, 0.25) is 0 Å². The smallest absolute Gasteiger partial charge is 0.253 e. The van der Waals surface area contributed by atoms with Crippen molar-refractivity contribution in [2.24, 2.45) is 0 Å². The summed E-state index contributed by atoms with van der Waals surface area (Å²) in [5, 5.41) is -1.19. The lowest BCUT2D eigenvalue weighted by Gasteiger charge is -2.48. The van der Waals surface area contributed by atoms with Gasteiger partial charge in [-0.2, -0.15) is 0 Å². The fourth-order valence-corrected chi connectivity index (χ4v) is 17.7. The Labute approximate surface area is 727 Å². The van der Waals surface area contributed by atoms with E-state index in [1.807, 2.05) is 231 Å². The van der Waals surface area contributed by atoms with Crippen molar-refractivity contribution in [1.29, 1.82) is 0 Å². The standard InChI is InChI=1S/C114H91BN4/c1-112(2,3)84-64-95(76-42-20-12-21-43-76)110(96(65-84)77-44-22-13-23-45-77)118-103-68-86(114(7,8)9)69-104-109(103)115(107-93(82-52-36-50-80(62-82)74-38-16-10-17-39-74)70-87(72-105(107)118)116-99-58-32-28-54-89(99)90-55-29-33-59-100(90)116)108-94(83-53-37-51-81(63-83)75-40-18-11-19-41-75)71-88(117-101-60-34-30-56-91(101)92-57-31-35-61-102(92)117)73-106(108)119(104)111-97(78-46-24-14-25-47-78)66-85(113(4,5)6)67-98(111)79-48-26-15-27-49-79/h10-73H,1-9H3/i28D,29D,30D,31D,32D,33D,34D,35D,54D,55D,56D,57D,58D,59D,60D,61D,70D,71D,72D,73D. The molecule has 119 heavy (non-hydrogen) atoms. The summed E-state index contributed by atoms with van der Waals surface area (Å²) in [6.45, 7) is 17.7. The Balaban J connectivity index is 1.11. The van der Waals surface area contributed by atoms with E-state index < -0.39 is 144 Å². The van der Waals surface area contributed by atoms with Crippen LogP contribution in [-0.4, -0.2) is 15.8 Å². The minimum absolute atomic E-state index is 0.0413. The third-order valence-electron chi connectivity index (χ3n) is 23.6. The highest BCUT2D eigenvalue weighted by molar-refractivity contribution is 7.02. The monoisotopic (exact) mass is 1550 g/mol. The summed E-state index contributed by atoms with van der Waals surface area (Å²) in [6.07, 6.45) is 0. The number of aromatic nitrogens is 2. The largest absolute Gasteiger partial charge is 0.310 e. The van der Waals surface area contributed by atoms with E-state index in [1.165, 1.54) is 9.13 Å². The van der Waals surface area contributed by atoms with Crippen molar-refractivity contribution in [2.45, 2.75) is 78.6 Å². The third-order valence-corrected chi connectivity index (χ3v) is 23.6. The molecule has 0 fully saturated rings. The van der Waals surface area contributed by atoms with Gasteiger partial charge in [-0.1, -0.05) is 353 Å². The Hall–Kier alpha value is -14.0. The Bertz CT molecular complexity index is 7720. The summed E-state index contributed by atoms with van der Waals surface area (Å²) in [7, 11) is 0. The molecule has 17 aromatic carbocycles. The molecule has 2 aromatic heterocycles. The first-order valence-electron chi connectivity index (χ1n) is 50.4. The molecule has 0 spiro atoms. The first-order chi connectivity index (χ1) is 66.3. The molecule has 0 saturated heterocycles. The van der Waals surface area contributed by atoms with Crippen molar-refractivity contribution in [3.8, 4) is 100 Å². The minimum atomic E-state index is -1.50. The maximum Gasteiger partial charge on any atom is 0.253 e. The summed E-state index contributed by atoms with van der Waals surface area (Å²) in [6, 6.07) is 74.5. The van der Waals surface area contributed by atoms with Gasteiger partial charge in [-0.3, -0.25) is 0 Å². The van der Waals surface area contributed by atoms with Gasteiger partial charge in [0.05, 0.1) is 60.9 Å². The number of fused-ring (bicyclic) bond motifs is 10. The van der Waals surface area contributed by atoms with Gasteiger partial charge in [0.15, 0.2) is 0 Å². The zero-order valence-corrected chi connectivity index (χ0v) is 67.3. The van der Waals surface area contributed by atoms with E-state index >= 15 is 0 Å². The van der Waals surface area contributed by atoms with E-state index in [1.54, 1.807) is 0 Å². The lowest BCUT2D eigenvalue weighted by Crippen LogP contribution is -2.62. The Morgan fingerprint density at radius 1 is 0.235 bits per heavy atom. The maximum absolute atomic E-state index is 12.5. The normalized spacial score (nSPS) is 15.1. The van der Waals surface area contributed by atoms with Crippen LogP contribution < -0.4 is 26.2 Å². The first-order valence-corrected chi connectivity index (χ1v) is 40.4. The quantitative estimate of drug-likeness (QED) is 0.113. The SMILES string of the molecule is [2H]c1c(-c2cccc(-c3ccccc3)c2)c2c(c([2H])c1-n1c3c([2H])c([2H])c([2H])c([2H])c3c3c([2H])c([2H])c([2H])c([2H])c31)N(c1c(-c3ccccc3)cc(C(C)(C)C)cc1-c1ccccc1)c1cc(C(C)(C)C)cc3c1B2c1c(-c2cccc(-c4ccccc4)c2)c([2H])c(-n2c4c([2H])c([2H])c([2H])c([2H])c4c4c([2H])c([2H])c([2H])c([2H])c42)c([2H])c1N3c1c(-c2ccccc2)cc(C(C)(C)C)cc1-c1ccccc1. The number of para-hydroxylation sites is 4. The lowest BCUT2D eigenvalue weighted by molar-refractivity contribution is 0.590. The Morgan fingerprint density at radius 3 is 0.790 bits per heavy atom. The molecule has 0 unspecified atom stereocenters. The van der Waals surface area contributed by atoms with Crippen molar-refractivity contribution >= 4 is 101 Å². The molecular weight excluding hydrogens is 1440 g/mol. The predicted octanol–water partition coefficient (Wildman–Crippen LogP) is 29.2. The number of nitrogens with zero attached hydrogens (tertiary/aromatic N) is 4. The molecule has 4 heterocycles. The first kappa shape index (κ1) is 54.0. The highest BCUT2D eigenvalue weighted by Crippen LogP contribution is 2.57. The molecule has 19 aromatic rings. The molecule has 0 amide bonds. The summed E-state index contributed by atoms with van der Waals surface area (Å²) < 4.78 is 210. The second-order valence-electron chi connectivity index (χ2n) is 34.0. The number of hydrogen-bond donors (Lipinski definition) is 0. The van der Waals surface area contributed by atoms with Crippen molar-refractivity contribution < 1.29 is 27.4 Å². The van der Waals surface area contributed by atoms with Gasteiger partial charge in [0, 0.05) is 77.9 Å². The molecule has 2 aliphatic heterocycles. The third kappa shape index (κ3) is 12.4. The van der Waals surface area contributed by atoms with Crippen LogP contribution in [-0.2, 0) is 16.2 Å². The molecule has 5 heteroatoms. The minimum Gasteiger partial charge on any atom is -0.310 e. The average molecular weight is 1550 g/mol. The molecule has 4 nitrogen and oxygen atoms in total. The second-order valence-corrected chi connectivity index (χ2v) is 34.0. The van der Waals surface area contributed by atoms with Crippen LogP contribution in [0.1, 0.15) is 106 Å². The van der Waals surface area contributed by atoms with Gasteiger partial charge < -0.3 is 18.9 Å². The molecule has 570 valence electrons. The van der Waals surface area contributed by atoms with Crippen LogP contribution in [0.15, 0.2) is 388 Å².